The van der Waals surface area contributed by atoms with Gasteiger partial charge in [-0.1, -0.05) is 37.3 Å². The first-order valence-electron chi connectivity index (χ1n) is 6.30. The highest BCUT2D eigenvalue weighted by atomic mass is 16.3. The first kappa shape index (κ1) is 11.6. The summed E-state index contributed by atoms with van der Waals surface area (Å²) in [4.78, 5) is 2.43. The Hall–Kier alpha value is -0.860. The maximum absolute atomic E-state index is 10.4. The van der Waals surface area contributed by atoms with Crippen LogP contribution in [0, 0.1) is 0 Å². The number of hydrogen-bond acceptors (Lipinski definition) is 2. The Labute approximate surface area is 97.9 Å². The molecule has 1 aliphatic rings. The summed E-state index contributed by atoms with van der Waals surface area (Å²) in [7, 11) is 0. The molecule has 1 fully saturated rings. The number of benzene rings is 1. The number of aliphatic hydroxyl groups excluding tert-OH is 1. The Morgan fingerprint density at radius 1 is 1.19 bits per heavy atom. The van der Waals surface area contributed by atoms with Crippen LogP contribution in [0.25, 0.3) is 0 Å². The van der Waals surface area contributed by atoms with Crippen molar-refractivity contribution < 1.29 is 5.11 Å². The molecule has 1 aliphatic heterocycles. The lowest BCUT2D eigenvalue weighted by atomic mass is 9.99. The molecule has 2 nitrogen and oxygen atoms in total. The van der Waals surface area contributed by atoms with Crippen molar-refractivity contribution in [2.45, 2.75) is 38.3 Å². The van der Waals surface area contributed by atoms with Gasteiger partial charge < -0.3 is 5.11 Å². The van der Waals surface area contributed by atoms with E-state index in [2.05, 4.69) is 11.8 Å². The molecule has 0 amide bonds. The van der Waals surface area contributed by atoms with Crippen molar-refractivity contribution >= 4 is 0 Å². The Morgan fingerprint density at radius 3 is 2.38 bits per heavy atom. The molecular formula is C14H21NO. The fourth-order valence-corrected chi connectivity index (χ4v) is 2.63. The summed E-state index contributed by atoms with van der Waals surface area (Å²) in [6.07, 6.45) is 3.22. The first-order valence-corrected chi connectivity index (χ1v) is 6.30. The maximum Gasteiger partial charge on any atom is 0.0945 e. The molecule has 1 aromatic carbocycles. The Kier molecular flexibility index (Phi) is 3.97. The van der Waals surface area contributed by atoms with Crippen LogP contribution in [0.1, 0.15) is 37.9 Å². The summed E-state index contributed by atoms with van der Waals surface area (Å²) in [6.45, 7) is 4.44. The molecule has 0 radical (unpaired) electrons. The minimum atomic E-state index is -0.343. The van der Waals surface area contributed by atoms with Gasteiger partial charge in [0.05, 0.1) is 6.10 Å². The van der Waals surface area contributed by atoms with Crippen LogP contribution in [-0.2, 0) is 0 Å². The fraction of sp³-hybridized carbons (Fsp3) is 0.571. The average Bonchev–Trinajstić information content (AvgIpc) is 2.85. The number of aliphatic hydroxyl groups is 1. The highest BCUT2D eigenvalue weighted by Gasteiger charge is 2.27. The zero-order valence-corrected chi connectivity index (χ0v) is 9.97. The van der Waals surface area contributed by atoms with E-state index in [-0.39, 0.29) is 12.1 Å². The largest absolute Gasteiger partial charge is 0.387 e. The van der Waals surface area contributed by atoms with Crippen molar-refractivity contribution in [3.63, 3.8) is 0 Å². The van der Waals surface area contributed by atoms with Crippen LogP contribution in [-0.4, -0.2) is 29.1 Å². The Morgan fingerprint density at radius 2 is 1.81 bits per heavy atom. The predicted octanol–water partition coefficient (Wildman–Crippen LogP) is 2.59. The van der Waals surface area contributed by atoms with Gasteiger partial charge in [0.2, 0.25) is 0 Å². The highest BCUT2D eigenvalue weighted by Crippen LogP contribution is 2.26. The zero-order valence-electron chi connectivity index (χ0n) is 9.97. The summed E-state index contributed by atoms with van der Waals surface area (Å²) in [6, 6.07) is 10.3. The van der Waals surface area contributed by atoms with Gasteiger partial charge >= 0.3 is 0 Å². The van der Waals surface area contributed by atoms with Crippen LogP contribution >= 0.6 is 0 Å². The van der Waals surface area contributed by atoms with Crippen LogP contribution in [0.15, 0.2) is 30.3 Å². The highest BCUT2D eigenvalue weighted by molar-refractivity contribution is 5.19. The average molecular weight is 219 g/mol. The molecule has 0 aliphatic carbocycles. The fourth-order valence-electron chi connectivity index (χ4n) is 2.63. The van der Waals surface area contributed by atoms with Crippen LogP contribution in [0.3, 0.4) is 0 Å². The lowest BCUT2D eigenvalue weighted by Gasteiger charge is -2.31. The van der Waals surface area contributed by atoms with Crippen molar-refractivity contribution in [2.75, 3.05) is 13.1 Å². The monoisotopic (exact) mass is 219 g/mol. The van der Waals surface area contributed by atoms with E-state index in [1.807, 2.05) is 30.3 Å². The molecule has 0 saturated carbocycles. The minimum Gasteiger partial charge on any atom is -0.387 e. The standard InChI is InChI=1S/C14H21NO/c1-2-13(15-10-6-7-11-15)14(16)12-8-4-3-5-9-12/h3-5,8-9,13-14,16H,2,6-7,10-11H2,1H3. The topological polar surface area (TPSA) is 23.5 Å². The van der Waals surface area contributed by atoms with Gasteiger partial charge in [-0.05, 0) is 37.9 Å². The molecule has 2 rings (SSSR count). The van der Waals surface area contributed by atoms with Crippen LogP contribution in [0.4, 0.5) is 0 Å². The van der Waals surface area contributed by atoms with Crippen molar-refractivity contribution in [2.24, 2.45) is 0 Å². The molecule has 2 atom stereocenters. The van der Waals surface area contributed by atoms with E-state index in [0.29, 0.717) is 0 Å². The van der Waals surface area contributed by atoms with Gasteiger partial charge in [-0.25, -0.2) is 0 Å². The molecule has 1 aromatic rings. The lowest BCUT2D eigenvalue weighted by molar-refractivity contribution is 0.0590. The van der Waals surface area contributed by atoms with Crippen LogP contribution in [0.2, 0.25) is 0 Å². The van der Waals surface area contributed by atoms with Gasteiger partial charge in [-0.2, -0.15) is 0 Å². The summed E-state index contributed by atoms with van der Waals surface area (Å²) < 4.78 is 0. The SMILES string of the molecule is CCC(C(O)c1ccccc1)N1CCCC1. The molecular weight excluding hydrogens is 198 g/mol. The molecule has 1 saturated heterocycles. The van der Waals surface area contributed by atoms with E-state index < -0.39 is 0 Å². The maximum atomic E-state index is 10.4. The smallest absolute Gasteiger partial charge is 0.0945 e. The molecule has 1 heterocycles. The van der Waals surface area contributed by atoms with E-state index >= 15 is 0 Å². The molecule has 16 heavy (non-hydrogen) atoms. The molecule has 0 spiro atoms. The van der Waals surface area contributed by atoms with E-state index in [1.54, 1.807) is 0 Å². The van der Waals surface area contributed by atoms with E-state index in [1.165, 1.54) is 12.8 Å². The van der Waals surface area contributed by atoms with Gasteiger partial charge in [0.1, 0.15) is 0 Å². The summed E-state index contributed by atoms with van der Waals surface area (Å²) in [5.41, 5.74) is 1.04. The molecule has 2 heteroatoms. The summed E-state index contributed by atoms with van der Waals surface area (Å²) in [5.74, 6) is 0. The van der Waals surface area contributed by atoms with Gasteiger partial charge in [-0.3, -0.25) is 4.90 Å². The van der Waals surface area contributed by atoms with Gasteiger partial charge in [-0.15, -0.1) is 0 Å². The molecule has 1 N–H and O–H groups in total. The molecule has 88 valence electrons. The molecule has 0 bridgehead atoms. The number of likely N-dealkylation sites (tertiary alicyclic amines) is 1. The normalized spacial score (nSPS) is 20.9. The Bertz CT molecular complexity index is 306. The summed E-state index contributed by atoms with van der Waals surface area (Å²) in [5, 5.41) is 10.4. The second-order valence-corrected chi connectivity index (χ2v) is 4.57. The second kappa shape index (κ2) is 5.46. The summed E-state index contributed by atoms with van der Waals surface area (Å²) >= 11 is 0. The van der Waals surface area contributed by atoms with Gasteiger partial charge in [0.25, 0.3) is 0 Å². The van der Waals surface area contributed by atoms with E-state index in [9.17, 15) is 5.11 Å². The third kappa shape index (κ3) is 2.45. The first-order chi connectivity index (χ1) is 7.83. The molecule has 2 unspecified atom stereocenters. The molecule has 0 aromatic heterocycles. The van der Waals surface area contributed by atoms with Crippen LogP contribution < -0.4 is 0 Å². The number of rotatable bonds is 4. The van der Waals surface area contributed by atoms with Gasteiger partial charge in [0, 0.05) is 6.04 Å². The Balaban J connectivity index is 2.08. The number of hydrogen-bond donors (Lipinski definition) is 1. The van der Waals surface area contributed by atoms with E-state index in [0.717, 1.165) is 25.1 Å². The third-order valence-electron chi connectivity index (χ3n) is 3.53. The van der Waals surface area contributed by atoms with Crippen LogP contribution in [0.5, 0.6) is 0 Å². The van der Waals surface area contributed by atoms with Crippen molar-refractivity contribution in [1.29, 1.82) is 0 Å². The van der Waals surface area contributed by atoms with Crippen molar-refractivity contribution in [3.8, 4) is 0 Å². The van der Waals surface area contributed by atoms with E-state index in [4.69, 9.17) is 0 Å². The zero-order chi connectivity index (χ0) is 11.4. The predicted molar refractivity (Wildman–Crippen MR) is 66.3 cm³/mol. The number of nitrogens with zero attached hydrogens (tertiary/aromatic N) is 1. The second-order valence-electron chi connectivity index (χ2n) is 4.57. The van der Waals surface area contributed by atoms with Crippen molar-refractivity contribution in [3.05, 3.63) is 35.9 Å². The lowest BCUT2D eigenvalue weighted by Crippen LogP contribution is -2.37. The van der Waals surface area contributed by atoms with Gasteiger partial charge in [0.15, 0.2) is 0 Å². The minimum absolute atomic E-state index is 0.282. The van der Waals surface area contributed by atoms with Crippen molar-refractivity contribution in [1.82, 2.24) is 4.90 Å². The third-order valence-corrected chi connectivity index (χ3v) is 3.53. The quantitative estimate of drug-likeness (QED) is 0.841.